The van der Waals surface area contributed by atoms with E-state index >= 15 is 0 Å². The van der Waals surface area contributed by atoms with Crippen LogP contribution in [0.25, 0.3) is 33.7 Å². The van der Waals surface area contributed by atoms with Crippen LogP contribution in [0, 0.1) is 30.9 Å². The Bertz CT molecular complexity index is 1190. The molecule has 0 aliphatic heterocycles. The van der Waals surface area contributed by atoms with E-state index in [2.05, 4.69) is 24.2 Å². The van der Waals surface area contributed by atoms with E-state index in [0.717, 1.165) is 27.8 Å². The lowest BCUT2D eigenvalue weighted by Gasteiger charge is -2.08. The van der Waals surface area contributed by atoms with E-state index in [1.807, 2.05) is 50.2 Å². The normalized spacial score (nSPS) is 10.9. The van der Waals surface area contributed by atoms with Gasteiger partial charge in [0.05, 0.1) is 4.92 Å². The summed E-state index contributed by atoms with van der Waals surface area (Å²) in [5, 5.41) is 16.0. The summed E-state index contributed by atoms with van der Waals surface area (Å²) in [6, 6.07) is 20.6. The van der Waals surface area contributed by atoms with E-state index < -0.39 is 0 Å². The number of aryl methyl sites for hydroxylation is 3. The highest BCUT2D eigenvalue weighted by atomic mass is 16.6. The van der Waals surface area contributed by atoms with Crippen LogP contribution < -0.4 is 0 Å². The first-order valence-electron chi connectivity index (χ1n) is 9.34. The molecule has 0 saturated carbocycles. The van der Waals surface area contributed by atoms with Gasteiger partial charge in [-0.25, -0.2) is 0 Å². The van der Waals surface area contributed by atoms with E-state index in [1.165, 1.54) is 11.6 Å². The van der Waals surface area contributed by atoms with Crippen molar-refractivity contribution in [3.8, 4) is 33.7 Å². The highest BCUT2D eigenvalue weighted by Crippen LogP contribution is 2.40. The molecule has 0 bridgehead atoms. The van der Waals surface area contributed by atoms with Gasteiger partial charge in [0.15, 0.2) is 5.76 Å². The molecule has 1 heterocycles. The Morgan fingerprint density at radius 3 is 2.21 bits per heavy atom. The van der Waals surface area contributed by atoms with E-state index in [1.54, 1.807) is 12.1 Å². The van der Waals surface area contributed by atoms with Gasteiger partial charge in [-0.2, -0.15) is 0 Å². The van der Waals surface area contributed by atoms with Crippen LogP contribution in [-0.2, 0) is 0 Å². The summed E-state index contributed by atoms with van der Waals surface area (Å²) in [5.74, 6) is 0.380. The lowest BCUT2D eigenvalue weighted by Crippen LogP contribution is -1.94. The van der Waals surface area contributed by atoms with E-state index in [-0.39, 0.29) is 10.6 Å². The maximum Gasteiger partial charge on any atom is 0.281 e. The monoisotopic (exact) mass is 384 g/mol. The third-order valence-electron chi connectivity index (χ3n) is 5.01. The zero-order chi connectivity index (χ0) is 20.5. The largest absolute Gasteiger partial charge is 0.355 e. The first-order chi connectivity index (χ1) is 14.0. The number of rotatable bonds is 4. The Balaban J connectivity index is 1.92. The zero-order valence-corrected chi connectivity index (χ0v) is 16.5. The van der Waals surface area contributed by atoms with Gasteiger partial charge in [-0.15, -0.1) is 0 Å². The molecule has 4 rings (SSSR count). The van der Waals surface area contributed by atoms with Gasteiger partial charge in [-0.05, 0) is 43.0 Å². The SMILES string of the molecule is Cc1cc(C)c(-c2cc(-c3c(-c4ccccc4)cccc3[N+](=O)[O-])on2)c(C)c1. The van der Waals surface area contributed by atoms with Gasteiger partial charge in [0.25, 0.3) is 5.69 Å². The molecule has 144 valence electrons. The first kappa shape index (κ1) is 18.6. The molecule has 0 atom stereocenters. The van der Waals surface area contributed by atoms with Gasteiger partial charge in [0.1, 0.15) is 11.3 Å². The molecular formula is C24H20N2O3. The molecule has 0 spiro atoms. The third kappa shape index (κ3) is 3.43. The van der Waals surface area contributed by atoms with Gasteiger partial charge >= 0.3 is 0 Å². The lowest BCUT2D eigenvalue weighted by molar-refractivity contribution is -0.384. The molecule has 0 aliphatic carbocycles. The summed E-state index contributed by atoms with van der Waals surface area (Å²) in [5.41, 5.74) is 7.07. The van der Waals surface area contributed by atoms with E-state index in [9.17, 15) is 10.1 Å². The van der Waals surface area contributed by atoms with Crippen molar-refractivity contribution in [1.29, 1.82) is 0 Å². The van der Waals surface area contributed by atoms with Crippen LogP contribution >= 0.6 is 0 Å². The molecule has 0 aliphatic rings. The number of nitrogens with zero attached hydrogens (tertiary/aromatic N) is 2. The number of hydrogen-bond acceptors (Lipinski definition) is 4. The molecule has 1 aromatic heterocycles. The fraction of sp³-hybridized carbons (Fsp3) is 0.125. The number of nitro groups is 1. The molecule has 0 fully saturated rings. The maximum atomic E-state index is 11.7. The lowest BCUT2D eigenvalue weighted by atomic mass is 9.94. The second kappa shape index (κ2) is 7.36. The predicted molar refractivity (Wildman–Crippen MR) is 114 cm³/mol. The van der Waals surface area contributed by atoms with Crippen molar-refractivity contribution in [1.82, 2.24) is 5.16 Å². The fourth-order valence-corrected chi connectivity index (χ4v) is 3.90. The van der Waals surface area contributed by atoms with Crippen LogP contribution in [0.5, 0.6) is 0 Å². The Labute approximate surface area is 168 Å². The maximum absolute atomic E-state index is 11.7. The Kier molecular flexibility index (Phi) is 4.72. The van der Waals surface area contributed by atoms with Crippen molar-refractivity contribution >= 4 is 5.69 Å². The highest BCUT2D eigenvalue weighted by molar-refractivity contribution is 5.88. The summed E-state index contributed by atoms with van der Waals surface area (Å²) in [6.45, 7) is 6.12. The summed E-state index contributed by atoms with van der Waals surface area (Å²) >= 11 is 0. The minimum absolute atomic E-state index is 0.00796. The highest BCUT2D eigenvalue weighted by Gasteiger charge is 2.24. The van der Waals surface area contributed by atoms with Gasteiger partial charge in [-0.1, -0.05) is 65.3 Å². The molecule has 5 heteroatoms. The Hall–Kier alpha value is -3.73. The molecule has 0 radical (unpaired) electrons. The van der Waals surface area contributed by atoms with Crippen LogP contribution in [0.15, 0.2) is 71.3 Å². The predicted octanol–water partition coefficient (Wildman–Crippen LogP) is 6.51. The van der Waals surface area contributed by atoms with Crippen molar-refractivity contribution in [2.24, 2.45) is 0 Å². The summed E-state index contributed by atoms with van der Waals surface area (Å²) in [7, 11) is 0. The first-order valence-corrected chi connectivity index (χ1v) is 9.34. The molecular weight excluding hydrogens is 364 g/mol. The average Bonchev–Trinajstić information content (AvgIpc) is 3.16. The number of nitro benzene ring substituents is 1. The van der Waals surface area contributed by atoms with Crippen LogP contribution in [0.2, 0.25) is 0 Å². The van der Waals surface area contributed by atoms with E-state index in [0.29, 0.717) is 17.0 Å². The van der Waals surface area contributed by atoms with Crippen molar-refractivity contribution in [2.75, 3.05) is 0 Å². The summed E-state index contributed by atoms with van der Waals surface area (Å²) in [4.78, 5) is 11.4. The molecule has 4 aromatic rings. The summed E-state index contributed by atoms with van der Waals surface area (Å²) < 4.78 is 5.64. The van der Waals surface area contributed by atoms with E-state index in [4.69, 9.17) is 4.52 Å². The Morgan fingerprint density at radius 2 is 1.55 bits per heavy atom. The smallest absolute Gasteiger partial charge is 0.281 e. The topological polar surface area (TPSA) is 69.2 Å². The number of hydrogen-bond donors (Lipinski definition) is 0. The van der Waals surface area contributed by atoms with Gasteiger partial charge in [-0.3, -0.25) is 10.1 Å². The minimum atomic E-state index is -0.383. The molecule has 29 heavy (non-hydrogen) atoms. The van der Waals surface area contributed by atoms with Crippen molar-refractivity contribution in [3.63, 3.8) is 0 Å². The Morgan fingerprint density at radius 1 is 0.862 bits per heavy atom. The van der Waals surface area contributed by atoms with Crippen LogP contribution in [0.3, 0.4) is 0 Å². The molecule has 0 amide bonds. The molecule has 3 aromatic carbocycles. The van der Waals surface area contributed by atoms with Crippen LogP contribution in [0.1, 0.15) is 16.7 Å². The standard InChI is InChI=1S/C24H20N2O3/c1-15-12-16(2)23(17(3)13-15)20-14-22(29-25-20)24-19(18-8-5-4-6-9-18)10-7-11-21(24)26(27)28/h4-14H,1-3H3. The van der Waals surface area contributed by atoms with Crippen LogP contribution in [-0.4, -0.2) is 10.1 Å². The van der Waals surface area contributed by atoms with Gasteiger partial charge in [0, 0.05) is 17.7 Å². The van der Waals surface area contributed by atoms with Gasteiger partial charge in [0.2, 0.25) is 0 Å². The van der Waals surface area contributed by atoms with Gasteiger partial charge < -0.3 is 4.52 Å². The van der Waals surface area contributed by atoms with Crippen molar-refractivity contribution in [2.45, 2.75) is 20.8 Å². The quantitative estimate of drug-likeness (QED) is 0.297. The van der Waals surface area contributed by atoms with Crippen molar-refractivity contribution < 1.29 is 9.45 Å². The number of aromatic nitrogens is 1. The molecule has 0 saturated heterocycles. The average molecular weight is 384 g/mol. The van der Waals surface area contributed by atoms with Crippen LogP contribution in [0.4, 0.5) is 5.69 Å². The molecule has 0 unspecified atom stereocenters. The second-order valence-corrected chi connectivity index (χ2v) is 7.17. The third-order valence-corrected chi connectivity index (χ3v) is 5.01. The molecule has 5 nitrogen and oxygen atoms in total. The fourth-order valence-electron chi connectivity index (χ4n) is 3.90. The summed E-state index contributed by atoms with van der Waals surface area (Å²) in [6.07, 6.45) is 0. The van der Waals surface area contributed by atoms with Crippen molar-refractivity contribution in [3.05, 3.63) is 93.5 Å². The zero-order valence-electron chi connectivity index (χ0n) is 16.5. The molecule has 0 N–H and O–H groups in total. The second-order valence-electron chi connectivity index (χ2n) is 7.17. The minimum Gasteiger partial charge on any atom is -0.355 e. The number of benzene rings is 3.